The summed E-state index contributed by atoms with van der Waals surface area (Å²) in [5.74, 6) is 3.31. The normalized spacial score (nSPS) is 9.61. The van der Waals surface area contributed by atoms with Crippen LogP contribution in [-0.4, -0.2) is 29.1 Å². The number of hydrogen-bond acceptors (Lipinski definition) is 3. The lowest BCUT2D eigenvalue weighted by Gasteiger charge is -1.91. The van der Waals surface area contributed by atoms with Crippen LogP contribution in [0.15, 0.2) is 24.3 Å². The molecule has 18 heavy (non-hydrogen) atoms. The molecule has 0 saturated heterocycles. The van der Waals surface area contributed by atoms with Crippen molar-refractivity contribution in [1.29, 1.82) is 0 Å². The Morgan fingerprint density at radius 2 is 2.11 bits per heavy atom. The molecule has 2 rings (SSSR count). The van der Waals surface area contributed by atoms with Crippen LogP contribution in [0.1, 0.15) is 16.1 Å². The van der Waals surface area contributed by atoms with Crippen LogP contribution in [0.2, 0.25) is 0 Å². The van der Waals surface area contributed by atoms with E-state index < -0.39 is 11.9 Å². The summed E-state index contributed by atoms with van der Waals surface area (Å²) in [6.07, 6.45) is 0. The standard InChI is InChI=1S/C13H9NO4/c1-18-12(15)5-3-8-2-4-10-9(6-8)7-11(14-10)13(16)17/h2,4,6-7,14H,1H3,(H,16,17). The molecule has 0 atom stereocenters. The van der Waals surface area contributed by atoms with Crippen LogP contribution in [0.25, 0.3) is 10.9 Å². The van der Waals surface area contributed by atoms with Crippen molar-refractivity contribution in [2.75, 3.05) is 7.11 Å². The summed E-state index contributed by atoms with van der Waals surface area (Å²) in [4.78, 5) is 24.4. The molecular weight excluding hydrogens is 234 g/mol. The van der Waals surface area contributed by atoms with Crippen LogP contribution >= 0.6 is 0 Å². The largest absolute Gasteiger partial charge is 0.477 e. The number of carboxylic acids is 1. The monoisotopic (exact) mass is 243 g/mol. The topological polar surface area (TPSA) is 79.4 Å². The van der Waals surface area contributed by atoms with Crippen LogP contribution in [0.4, 0.5) is 0 Å². The highest BCUT2D eigenvalue weighted by Crippen LogP contribution is 2.16. The Balaban J connectivity index is 2.40. The maximum Gasteiger partial charge on any atom is 0.384 e. The van der Waals surface area contributed by atoms with E-state index in [9.17, 15) is 9.59 Å². The Labute approximate surface area is 102 Å². The first-order chi connectivity index (χ1) is 8.60. The first-order valence-corrected chi connectivity index (χ1v) is 5.06. The van der Waals surface area contributed by atoms with Gasteiger partial charge in [-0.05, 0) is 24.3 Å². The van der Waals surface area contributed by atoms with Gasteiger partial charge in [-0.25, -0.2) is 9.59 Å². The molecule has 1 heterocycles. The van der Waals surface area contributed by atoms with E-state index in [0.717, 1.165) is 5.39 Å². The maximum absolute atomic E-state index is 10.9. The Kier molecular flexibility index (Phi) is 3.02. The van der Waals surface area contributed by atoms with Gasteiger partial charge in [-0.3, -0.25) is 0 Å². The van der Waals surface area contributed by atoms with Crippen LogP contribution < -0.4 is 0 Å². The third-order valence-electron chi connectivity index (χ3n) is 2.35. The van der Waals surface area contributed by atoms with Gasteiger partial charge >= 0.3 is 11.9 Å². The van der Waals surface area contributed by atoms with Gasteiger partial charge in [-0.1, -0.05) is 5.92 Å². The predicted molar refractivity (Wildman–Crippen MR) is 64.2 cm³/mol. The van der Waals surface area contributed by atoms with Gasteiger partial charge in [0.2, 0.25) is 0 Å². The van der Waals surface area contributed by atoms with Gasteiger partial charge < -0.3 is 14.8 Å². The molecule has 2 aromatic rings. The molecule has 0 unspecified atom stereocenters. The fraction of sp³-hybridized carbons (Fsp3) is 0.0769. The van der Waals surface area contributed by atoms with Crippen LogP contribution in [-0.2, 0) is 9.53 Å². The fourth-order valence-corrected chi connectivity index (χ4v) is 1.50. The first kappa shape index (κ1) is 11.7. The molecule has 0 bridgehead atoms. The number of hydrogen-bond donors (Lipinski definition) is 2. The number of carbonyl (C=O) groups excluding carboxylic acids is 1. The third kappa shape index (κ3) is 2.33. The van der Waals surface area contributed by atoms with E-state index in [1.54, 1.807) is 18.2 Å². The number of aromatic carboxylic acids is 1. The number of methoxy groups -OCH3 is 1. The Bertz CT molecular complexity index is 688. The number of ether oxygens (including phenoxy) is 1. The van der Waals surface area contributed by atoms with Gasteiger partial charge in [0.25, 0.3) is 0 Å². The Hall–Kier alpha value is -2.74. The lowest BCUT2D eigenvalue weighted by atomic mass is 10.1. The fourth-order valence-electron chi connectivity index (χ4n) is 1.50. The highest BCUT2D eigenvalue weighted by Gasteiger charge is 2.07. The zero-order valence-electron chi connectivity index (χ0n) is 9.48. The number of rotatable bonds is 1. The SMILES string of the molecule is COC(=O)C#Cc1ccc2[nH]c(C(=O)O)cc2c1. The van der Waals surface area contributed by atoms with Crippen molar-refractivity contribution in [3.8, 4) is 11.8 Å². The van der Waals surface area contributed by atoms with Crippen LogP contribution in [0, 0.1) is 11.8 Å². The van der Waals surface area contributed by atoms with Gasteiger partial charge in [-0.15, -0.1) is 0 Å². The van der Waals surface area contributed by atoms with Gasteiger partial charge in [-0.2, -0.15) is 0 Å². The molecule has 0 aliphatic heterocycles. The summed E-state index contributed by atoms with van der Waals surface area (Å²) in [6, 6.07) is 6.62. The van der Waals surface area contributed by atoms with E-state index in [-0.39, 0.29) is 5.69 Å². The third-order valence-corrected chi connectivity index (χ3v) is 2.35. The molecule has 2 N–H and O–H groups in total. The van der Waals surface area contributed by atoms with Gasteiger partial charge in [0.05, 0.1) is 7.11 Å². The van der Waals surface area contributed by atoms with Gasteiger partial charge in [0.1, 0.15) is 5.69 Å². The number of fused-ring (bicyclic) bond motifs is 1. The van der Waals surface area contributed by atoms with Crippen molar-refractivity contribution in [3.05, 3.63) is 35.5 Å². The molecular formula is C13H9NO4. The van der Waals surface area contributed by atoms with Crippen molar-refractivity contribution >= 4 is 22.8 Å². The quantitative estimate of drug-likeness (QED) is 0.586. The number of aromatic amines is 1. The molecule has 1 aromatic carbocycles. The molecule has 90 valence electrons. The van der Waals surface area contributed by atoms with E-state index in [1.165, 1.54) is 13.2 Å². The Morgan fingerprint density at radius 1 is 1.33 bits per heavy atom. The minimum atomic E-state index is -1.02. The summed E-state index contributed by atoms with van der Waals surface area (Å²) < 4.78 is 4.40. The number of esters is 1. The summed E-state index contributed by atoms with van der Waals surface area (Å²) in [7, 11) is 1.26. The Morgan fingerprint density at radius 3 is 2.78 bits per heavy atom. The zero-order valence-corrected chi connectivity index (χ0v) is 9.48. The highest BCUT2D eigenvalue weighted by atomic mass is 16.5. The van der Waals surface area contributed by atoms with Crippen LogP contribution in [0.5, 0.6) is 0 Å². The summed E-state index contributed by atoms with van der Waals surface area (Å²) >= 11 is 0. The average molecular weight is 243 g/mol. The predicted octanol–water partition coefficient (Wildman–Crippen LogP) is 1.39. The van der Waals surface area contributed by atoms with Crippen molar-refractivity contribution in [2.24, 2.45) is 0 Å². The smallest absolute Gasteiger partial charge is 0.384 e. The van der Waals surface area contributed by atoms with Crippen molar-refractivity contribution in [2.45, 2.75) is 0 Å². The maximum atomic E-state index is 10.9. The minimum Gasteiger partial charge on any atom is -0.477 e. The number of aromatic nitrogens is 1. The molecule has 0 saturated carbocycles. The van der Waals surface area contributed by atoms with E-state index in [2.05, 4.69) is 21.6 Å². The number of benzene rings is 1. The van der Waals surface area contributed by atoms with Crippen LogP contribution in [0.3, 0.4) is 0 Å². The second-order valence-electron chi connectivity index (χ2n) is 3.53. The van der Waals surface area contributed by atoms with E-state index >= 15 is 0 Å². The molecule has 0 radical (unpaired) electrons. The molecule has 5 nitrogen and oxygen atoms in total. The van der Waals surface area contributed by atoms with E-state index in [1.807, 2.05) is 0 Å². The number of carboxylic acid groups (broad SMARTS) is 1. The van der Waals surface area contributed by atoms with Crippen molar-refractivity contribution in [1.82, 2.24) is 4.98 Å². The molecule has 0 spiro atoms. The average Bonchev–Trinajstić information content (AvgIpc) is 2.79. The zero-order chi connectivity index (χ0) is 13.1. The lowest BCUT2D eigenvalue weighted by molar-refractivity contribution is -0.133. The minimum absolute atomic E-state index is 0.114. The number of carbonyl (C=O) groups is 2. The lowest BCUT2D eigenvalue weighted by Crippen LogP contribution is -1.94. The van der Waals surface area contributed by atoms with E-state index in [0.29, 0.717) is 11.1 Å². The first-order valence-electron chi connectivity index (χ1n) is 5.06. The summed E-state index contributed by atoms with van der Waals surface area (Å²) in [6.45, 7) is 0. The molecule has 0 aliphatic rings. The van der Waals surface area contributed by atoms with Crippen molar-refractivity contribution in [3.63, 3.8) is 0 Å². The second-order valence-corrected chi connectivity index (χ2v) is 3.53. The molecule has 5 heteroatoms. The number of H-pyrrole nitrogens is 1. The highest BCUT2D eigenvalue weighted by molar-refractivity contribution is 5.94. The second kappa shape index (κ2) is 4.63. The van der Waals surface area contributed by atoms with Gasteiger partial charge in [0.15, 0.2) is 0 Å². The molecule has 1 aromatic heterocycles. The van der Waals surface area contributed by atoms with Gasteiger partial charge in [0, 0.05) is 22.4 Å². The van der Waals surface area contributed by atoms with E-state index in [4.69, 9.17) is 5.11 Å². The molecule has 0 amide bonds. The molecule has 0 fully saturated rings. The summed E-state index contributed by atoms with van der Waals surface area (Å²) in [5.41, 5.74) is 1.43. The van der Waals surface area contributed by atoms with Crippen molar-refractivity contribution < 1.29 is 19.4 Å². The molecule has 0 aliphatic carbocycles. The summed E-state index contributed by atoms with van der Waals surface area (Å²) in [5, 5.41) is 9.57. The number of nitrogens with one attached hydrogen (secondary N) is 1.